The maximum atomic E-state index is 13.4. The molecule has 0 saturated carbocycles. The number of para-hydroxylation sites is 1. The second-order valence-electron chi connectivity index (χ2n) is 9.14. The highest BCUT2D eigenvalue weighted by Crippen LogP contribution is 2.38. The molecule has 0 bridgehead atoms. The highest BCUT2D eigenvalue weighted by molar-refractivity contribution is 5.91. The van der Waals surface area contributed by atoms with Gasteiger partial charge in [-0.1, -0.05) is 12.1 Å². The Bertz CT molecular complexity index is 1160. The summed E-state index contributed by atoms with van der Waals surface area (Å²) in [6.45, 7) is 3.94. The van der Waals surface area contributed by atoms with Crippen molar-refractivity contribution in [2.75, 3.05) is 32.8 Å². The maximum Gasteiger partial charge on any atom is 0.286 e. The smallest absolute Gasteiger partial charge is 0.286 e. The Kier molecular flexibility index (Phi) is 8.77. The summed E-state index contributed by atoms with van der Waals surface area (Å²) >= 11 is 0. The van der Waals surface area contributed by atoms with E-state index in [1.807, 2.05) is 11.8 Å². The van der Waals surface area contributed by atoms with Gasteiger partial charge in [-0.05, 0) is 50.8 Å². The standard InChI is InChI=1S/C27H34N2O7/c1-2-34-27-18(9-6-15-30)20(21-17-35-22-10-4-3-8-19(22)25(21)32)16-23(36-27)26(33)28-12-7-14-29-13-5-11-24(29)31/h3-4,8,10,16-18,20,27,30H,2,5-7,9,11-15H2,1H3,(H,28,33)/t18-,20-,27+/m1/s1. The first-order valence-corrected chi connectivity index (χ1v) is 12.7. The van der Waals surface area contributed by atoms with Gasteiger partial charge in [0.25, 0.3) is 5.91 Å². The van der Waals surface area contributed by atoms with E-state index < -0.39 is 18.1 Å². The number of ether oxygens (including phenoxy) is 2. The minimum absolute atomic E-state index is 0.00896. The fourth-order valence-electron chi connectivity index (χ4n) is 4.94. The Morgan fingerprint density at radius 2 is 2.08 bits per heavy atom. The molecule has 3 heterocycles. The number of aliphatic hydroxyl groups is 1. The van der Waals surface area contributed by atoms with Crippen LogP contribution in [0.4, 0.5) is 0 Å². The Hall–Kier alpha value is -3.17. The minimum atomic E-state index is -0.759. The summed E-state index contributed by atoms with van der Waals surface area (Å²) in [5.41, 5.74) is 0.742. The second kappa shape index (κ2) is 12.2. The molecular formula is C27H34N2O7. The normalized spacial score (nSPS) is 21.9. The molecule has 2 aliphatic rings. The van der Waals surface area contributed by atoms with Crippen molar-refractivity contribution in [2.24, 2.45) is 5.92 Å². The van der Waals surface area contributed by atoms with E-state index in [1.54, 1.807) is 30.3 Å². The number of rotatable bonds is 11. The van der Waals surface area contributed by atoms with Crippen molar-refractivity contribution in [3.8, 4) is 0 Å². The number of nitrogens with one attached hydrogen (secondary N) is 1. The number of likely N-dealkylation sites (tertiary alicyclic amines) is 1. The Morgan fingerprint density at radius 1 is 1.25 bits per heavy atom. The fraction of sp³-hybridized carbons (Fsp3) is 0.519. The van der Waals surface area contributed by atoms with Crippen LogP contribution >= 0.6 is 0 Å². The molecule has 1 saturated heterocycles. The fourth-order valence-corrected chi connectivity index (χ4v) is 4.94. The van der Waals surface area contributed by atoms with Gasteiger partial charge in [0.15, 0.2) is 11.2 Å². The van der Waals surface area contributed by atoms with Crippen molar-refractivity contribution < 1.29 is 28.6 Å². The van der Waals surface area contributed by atoms with Crippen molar-refractivity contribution in [2.45, 2.75) is 51.2 Å². The number of hydrogen-bond donors (Lipinski definition) is 2. The zero-order valence-corrected chi connectivity index (χ0v) is 20.6. The first kappa shape index (κ1) is 25.9. The molecule has 9 heteroatoms. The van der Waals surface area contributed by atoms with Crippen LogP contribution in [0.3, 0.4) is 0 Å². The summed E-state index contributed by atoms with van der Waals surface area (Å²) in [5, 5.41) is 12.8. The number of benzene rings is 1. The number of allylic oxidation sites excluding steroid dienone is 1. The zero-order chi connectivity index (χ0) is 25.5. The van der Waals surface area contributed by atoms with E-state index in [2.05, 4.69) is 5.32 Å². The van der Waals surface area contributed by atoms with E-state index in [9.17, 15) is 19.5 Å². The first-order valence-electron chi connectivity index (χ1n) is 12.7. The first-order chi connectivity index (χ1) is 17.5. The molecule has 2 aliphatic heterocycles. The highest BCUT2D eigenvalue weighted by atomic mass is 16.7. The average molecular weight is 499 g/mol. The number of carbonyl (C=O) groups is 2. The van der Waals surface area contributed by atoms with Crippen molar-refractivity contribution in [1.82, 2.24) is 10.2 Å². The Morgan fingerprint density at radius 3 is 2.83 bits per heavy atom. The Balaban J connectivity index is 1.57. The molecule has 0 aliphatic carbocycles. The van der Waals surface area contributed by atoms with Crippen LogP contribution in [0.2, 0.25) is 0 Å². The molecule has 194 valence electrons. The molecule has 0 unspecified atom stereocenters. The van der Waals surface area contributed by atoms with E-state index in [4.69, 9.17) is 13.9 Å². The lowest BCUT2D eigenvalue weighted by Gasteiger charge is -2.36. The summed E-state index contributed by atoms with van der Waals surface area (Å²) in [6, 6.07) is 7.04. The predicted octanol–water partition coefficient (Wildman–Crippen LogP) is 2.67. The molecule has 0 spiro atoms. The number of aliphatic hydroxyl groups excluding tert-OH is 1. The van der Waals surface area contributed by atoms with Gasteiger partial charge < -0.3 is 29.2 Å². The third-order valence-corrected chi connectivity index (χ3v) is 6.76. The number of hydrogen-bond acceptors (Lipinski definition) is 7. The lowest BCUT2D eigenvalue weighted by molar-refractivity contribution is -0.166. The molecule has 3 atom stereocenters. The van der Waals surface area contributed by atoms with Crippen LogP contribution in [0.5, 0.6) is 0 Å². The number of carbonyl (C=O) groups excluding carboxylic acids is 2. The van der Waals surface area contributed by atoms with Crippen LogP contribution in [0.25, 0.3) is 11.0 Å². The monoisotopic (exact) mass is 498 g/mol. The SMILES string of the molecule is CCO[C@H]1OC(C(=O)NCCCN2CCCC2=O)=C[C@@H](c2coc3ccccc3c2=O)[C@H]1CCCO. The van der Waals surface area contributed by atoms with Crippen LogP contribution in [0.15, 0.2) is 51.6 Å². The minimum Gasteiger partial charge on any atom is -0.464 e. The summed E-state index contributed by atoms with van der Waals surface area (Å²) in [5.74, 6) is -0.943. The number of amides is 2. The lowest BCUT2D eigenvalue weighted by Crippen LogP contribution is -2.40. The van der Waals surface area contributed by atoms with Crippen LogP contribution in [-0.2, 0) is 19.1 Å². The summed E-state index contributed by atoms with van der Waals surface area (Å²) in [6.07, 6.45) is 5.50. The quantitative estimate of drug-likeness (QED) is 0.457. The highest BCUT2D eigenvalue weighted by Gasteiger charge is 2.39. The third kappa shape index (κ3) is 5.79. The summed E-state index contributed by atoms with van der Waals surface area (Å²) in [4.78, 5) is 40.0. The van der Waals surface area contributed by atoms with Gasteiger partial charge in [-0.3, -0.25) is 14.4 Å². The molecule has 36 heavy (non-hydrogen) atoms. The molecule has 2 aromatic rings. The molecule has 1 aromatic heterocycles. The van der Waals surface area contributed by atoms with E-state index in [-0.39, 0.29) is 29.6 Å². The van der Waals surface area contributed by atoms with Gasteiger partial charge in [0.2, 0.25) is 12.2 Å². The van der Waals surface area contributed by atoms with E-state index >= 15 is 0 Å². The molecule has 1 aromatic carbocycles. The van der Waals surface area contributed by atoms with Crippen molar-refractivity contribution >= 4 is 22.8 Å². The molecule has 4 rings (SSSR count). The summed E-state index contributed by atoms with van der Waals surface area (Å²) in [7, 11) is 0. The largest absolute Gasteiger partial charge is 0.464 e. The van der Waals surface area contributed by atoms with Crippen molar-refractivity contribution in [1.29, 1.82) is 0 Å². The number of nitrogens with zero attached hydrogens (tertiary/aromatic N) is 1. The van der Waals surface area contributed by atoms with Gasteiger partial charge in [-0.25, -0.2) is 0 Å². The van der Waals surface area contributed by atoms with E-state index in [1.165, 1.54) is 6.26 Å². The van der Waals surface area contributed by atoms with Crippen molar-refractivity contribution in [3.05, 3.63) is 58.2 Å². The zero-order valence-electron chi connectivity index (χ0n) is 20.6. The molecule has 9 nitrogen and oxygen atoms in total. The molecule has 0 radical (unpaired) electrons. The van der Waals surface area contributed by atoms with E-state index in [0.29, 0.717) is 61.9 Å². The lowest BCUT2D eigenvalue weighted by atomic mass is 9.81. The van der Waals surface area contributed by atoms with Crippen LogP contribution in [0, 0.1) is 5.92 Å². The molecule has 1 fully saturated rings. The van der Waals surface area contributed by atoms with Gasteiger partial charge >= 0.3 is 0 Å². The Labute approximate surface area is 210 Å². The van der Waals surface area contributed by atoms with Crippen molar-refractivity contribution in [3.63, 3.8) is 0 Å². The van der Waals surface area contributed by atoms with Gasteiger partial charge in [0, 0.05) is 56.7 Å². The maximum absolute atomic E-state index is 13.4. The topological polar surface area (TPSA) is 118 Å². The number of fused-ring (bicyclic) bond motifs is 1. The van der Waals surface area contributed by atoms with Crippen LogP contribution < -0.4 is 10.7 Å². The molecule has 2 N–H and O–H groups in total. The van der Waals surface area contributed by atoms with Gasteiger partial charge in [-0.15, -0.1) is 0 Å². The van der Waals surface area contributed by atoms with Crippen LogP contribution in [-0.4, -0.2) is 61.0 Å². The predicted molar refractivity (Wildman–Crippen MR) is 133 cm³/mol. The van der Waals surface area contributed by atoms with E-state index in [0.717, 1.165) is 13.0 Å². The summed E-state index contributed by atoms with van der Waals surface area (Å²) < 4.78 is 17.6. The third-order valence-electron chi connectivity index (χ3n) is 6.76. The molecular weight excluding hydrogens is 464 g/mol. The average Bonchev–Trinajstić information content (AvgIpc) is 3.30. The van der Waals surface area contributed by atoms with Crippen LogP contribution in [0.1, 0.15) is 50.5 Å². The van der Waals surface area contributed by atoms with Gasteiger partial charge in [0.05, 0.1) is 11.6 Å². The molecule has 2 amide bonds. The van der Waals surface area contributed by atoms with Gasteiger partial charge in [0.1, 0.15) is 5.58 Å². The second-order valence-corrected chi connectivity index (χ2v) is 9.14. The van der Waals surface area contributed by atoms with Gasteiger partial charge in [-0.2, -0.15) is 0 Å².